The maximum absolute atomic E-state index is 13.7. The molecule has 0 radical (unpaired) electrons. The summed E-state index contributed by atoms with van der Waals surface area (Å²) in [5.41, 5.74) is 2.99. The number of carbonyl (C=O) groups excluding carboxylic acids is 3. The minimum absolute atomic E-state index is 0.185. The Balaban J connectivity index is 1.59. The molecule has 0 aliphatic carbocycles. The van der Waals surface area contributed by atoms with Crippen molar-refractivity contribution in [1.82, 2.24) is 14.7 Å². The van der Waals surface area contributed by atoms with Crippen LogP contribution in [0.25, 0.3) is 5.57 Å². The van der Waals surface area contributed by atoms with Crippen LogP contribution >= 0.6 is 0 Å². The molecule has 3 aliphatic heterocycles. The number of likely N-dealkylation sites (tertiary alicyclic amines) is 2. The Morgan fingerprint density at radius 3 is 2.19 bits per heavy atom. The van der Waals surface area contributed by atoms with Crippen LogP contribution in [0.15, 0.2) is 30.0 Å². The Hall–Kier alpha value is -2.83. The van der Waals surface area contributed by atoms with E-state index in [1.807, 2.05) is 31.2 Å². The molecule has 3 amide bonds. The van der Waals surface area contributed by atoms with Crippen LogP contribution in [0.1, 0.15) is 50.7 Å². The van der Waals surface area contributed by atoms with Crippen molar-refractivity contribution in [1.29, 1.82) is 0 Å². The van der Waals surface area contributed by atoms with Gasteiger partial charge in [-0.2, -0.15) is 0 Å². The lowest BCUT2D eigenvalue weighted by Gasteiger charge is -2.36. The van der Waals surface area contributed by atoms with Gasteiger partial charge in [-0.3, -0.25) is 14.5 Å². The highest BCUT2D eigenvalue weighted by atomic mass is 16.6. The number of hydrogen-bond acceptors (Lipinski definition) is 5. The summed E-state index contributed by atoms with van der Waals surface area (Å²) in [7, 11) is 0. The van der Waals surface area contributed by atoms with Crippen molar-refractivity contribution in [2.45, 2.75) is 52.5 Å². The van der Waals surface area contributed by atoms with E-state index < -0.39 is 0 Å². The summed E-state index contributed by atoms with van der Waals surface area (Å²) in [5.74, 6) is 0.238. The van der Waals surface area contributed by atoms with Crippen LogP contribution in [0, 0.1) is 12.8 Å². The highest BCUT2D eigenvalue weighted by Crippen LogP contribution is 2.36. The lowest BCUT2D eigenvalue weighted by atomic mass is 9.97. The summed E-state index contributed by atoms with van der Waals surface area (Å²) in [5, 5.41) is 0. The van der Waals surface area contributed by atoms with Crippen molar-refractivity contribution in [3.63, 3.8) is 0 Å². The zero-order chi connectivity index (χ0) is 22.8. The maximum Gasteiger partial charge on any atom is 0.409 e. The highest BCUT2D eigenvalue weighted by molar-refractivity contribution is 6.35. The molecule has 0 aromatic heterocycles. The molecule has 3 aliphatic rings. The monoisotopic (exact) mass is 439 g/mol. The van der Waals surface area contributed by atoms with Crippen LogP contribution in [0.4, 0.5) is 4.79 Å². The number of nitrogens with zero attached hydrogens (tertiary/aromatic N) is 3. The van der Waals surface area contributed by atoms with Gasteiger partial charge in [0, 0.05) is 32.2 Å². The van der Waals surface area contributed by atoms with Gasteiger partial charge >= 0.3 is 6.09 Å². The van der Waals surface area contributed by atoms with Gasteiger partial charge in [-0.25, -0.2) is 4.79 Å². The standard InChI is InChI=1S/C25H33N3O4/c1-4-32-25(31)27-15-11-20(12-16-27)28-23(29)21(19-7-5-17(2)6-8-19)22(24(28)30)26-13-9-18(3)10-14-26/h5-8,18,20H,4,9-16H2,1-3H3. The summed E-state index contributed by atoms with van der Waals surface area (Å²) in [6, 6.07) is 7.64. The third-order valence-corrected chi connectivity index (χ3v) is 6.89. The normalized spacial score (nSPS) is 21.0. The molecular weight excluding hydrogens is 406 g/mol. The molecule has 1 aromatic rings. The van der Waals surface area contributed by atoms with Gasteiger partial charge in [0.25, 0.3) is 11.8 Å². The van der Waals surface area contributed by atoms with Crippen LogP contribution in [-0.4, -0.2) is 71.4 Å². The van der Waals surface area contributed by atoms with Gasteiger partial charge in [-0.1, -0.05) is 36.8 Å². The van der Waals surface area contributed by atoms with Gasteiger partial charge in [0.05, 0.1) is 12.2 Å². The van der Waals surface area contributed by atoms with Crippen molar-refractivity contribution in [3.05, 3.63) is 41.1 Å². The largest absolute Gasteiger partial charge is 0.450 e. The first-order valence-corrected chi connectivity index (χ1v) is 11.8. The first-order valence-electron chi connectivity index (χ1n) is 11.8. The molecule has 32 heavy (non-hydrogen) atoms. The van der Waals surface area contributed by atoms with Crippen LogP contribution in [-0.2, 0) is 14.3 Å². The van der Waals surface area contributed by atoms with E-state index >= 15 is 0 Å². The Labute approximate surface area is 190 Å². The van der Waals surface area contributed by atoms with E-state index in [9.17, 15) is 14.4 Å². The van der Waals surface area contributed by atoms with Crippen molar-refractivity contribution < 1.29 is 19.1 Å². The number of carbonyl (C=O) groups is 3. The average molecular weight is 440 g/mol. The molecule has 0 N–H and O–H groups in total. The van der Waals surface area contributed by atoms with E-state index in [4.69, 9.17) is 4.74 Å². The van der Waals surface area contributed by atoms with Gasteiger partial charge in [-0.15, -0.1) is 0 Å². The lowest BCUT2D eigenvalue weighted by molar-refractivity contribution is -0.141. The number of amides is 3. The Kier molecular flexibility index (Phi) is 6.53. The molecular formula is C25H33N3O4. The molecule has 1 aromatic carbocycles. The zero-order valence-electron chi connectivity index (χ0n) is 19.3. The molecule has 0 saturated carbocycles. The topological polar surface area (TPSA) is 70.2 Å². The summed E-state index contributed by atoms with van der Waals surface area (Å²) in [4.78, 5) is 44.6. The molecule has 0 unspecified atom stereocenters. The van der Waals surface area contributed by atoms with E-state index in [0.29, 0.717) is 49.7 Å². The molecule has 0 spiro atoms. The second kappa shape index (κ2) is 9.35. The summed E-state index contributed by atoms with van der Waals surface area (Å²) < 4.78 is 5.10. The van der Waals surface area contributed by atoms with Gasteiger partial charge < -0.3 is 14.5 Å². The van der Waals surface area contributed by atoms with Crippen LogP contribution in [0.5, 0.6) is 0 Å². The number of piperidine rings is 2. The summed E-state index contributed by atoms with van der Waals surface area (Å²) in [6.45, 7) is 8.92. The van der Waals surface area contributed by atoms with E-state index in [1.54, 1.807) is 11.8 Å². The first kappa shape index (κ1) is 22.4. The molecule has 4 rings (SSSR count). The molecule has 0 atom stereocenters. The highest BCUT2D eigenvalue weighted by Gasteiger charge is 2.46. The minimum atomic E-state index is -0.327. The number of imide groups is 1. The fraction of sp³-hybridized carbons (Fsp3) is 0.560. The first-order chi connectivity index (χ1) is 15.4. The minimum Gasteiger partial charge on any atom is -0.450 e. The molecule has 7 nitrogen and oxygen atoms in total. The van der Waals surface area contributed by atoms with Gasteiger partial charge in [0.1, 0.15) is 5.70 Å². The van der Waals surface area contributed by atoms with E-state index in [1.165, 1.54) is 4.90 Å². The van der Waals surface area contributed by atoms with Crippen LogP contribution < -0.4 is 0 Å². The van der Waals surface area contributed by atoms with Gasteiger partial charge in [-0.05, 0) is 51.0 Å². The van der Waals surface area contributed by atoms with Crippen molar-refractivity contribution in [3.8, 4) is 0 Å². The maximum atomic E-state index is 13.7. The third kappa shape index (κ3) is 4.25. The SMILES string of the molecule is CCOC(=O)N1CCC(N2C(=O)C(c3ccc(C)cc3)=C(N3CCC(C)CC3)C2=O)CC1. The van der Waals surface area contributed by atoms with Crippen molar-refractivity contribution in [2.24, 2.45) is 5.92 Å². The van der Waals surface area contributed by atoms with Gasteiger partial charge in [0.15, 0.2) is 0 Å². The average Bonchev–Trinajstić information content (AvgIpc) is 3.05. The fourth-order valence-electron chi connectivity index (χ4n) is 4.89. The van der Waals surface area contributed by atoms with Crippen molar-refractivity contribution in [2.75, 3.05) is 32.8 Å². The van der Waals surface area contributed by atoms with E-state index in [2.05, 4.69) is 11.8 Å². The van der Waals surface area contributed by atoms with E-state index in [0.717, 1.165) is 37.1 Å². The summed E-state index contributed by atoms with van der Waals surface area (Å²) in [6.07, 6.45) is 2.85. The quantitative estimate of drug-likeness (QED) is 0.673. The number of aryl methyl sites for hydroxylation is 1. The number of benzene rings is 1. The predicted octanol–water partition coefficient (Wildman–Crippen LogP) is 3.43. The summed E-state index contributed by atoms with van der Waals surface area (Å²) >= 11 is 0. The fourth-order valence-corrected chi connectivity index (χ4v) is 4.89. The molecule has 0 bridgehead atoms. The molecule has 2 fully saturated rings. The van der Waals surface area contributed by atoms with Crippen LogP contribution in [0.2, 0.25) is 0 Å². The number of ether oxygens (including phenoxy) is 1. The Bertz CT molecular complexity index is 908. The van der Waals surface area contributed by atoms with Crippen molar-refractivity contribution >= 4 is 23.5 Å². The Morgan fingerprint density at radius 1 is 0.969 bits per heavy atom. The molecule has 2 saturated heterocycles. The number of hydrogen-bond donors (Lipinski definition) is 0. The van der Waals surface area contributed by atoms with Gasteiger partial charge in [0.2, 0.25) is 0 Å². The zero-order valence-corrected chi connectivity index (χ0v) is 19.3. The molecule has 172 valence electrons. The van der Waals surface area contributed by atoms with E-state index in [-0.39, 0.29) is 23.9 Å². The third-order valence-electron chi connectivity index (χ3n) is 6.89. The molecule has 7 heteroatoms. The second-order valence-electron chi connectivity index (χ2n) is 9.16. The van der Waals surface area contributed by atoms with Crippen LogP contribution in [0.3, 0.4) is 0 Å². The number of rotatable bonds is 4. The predicted molar refractivity (Wildman–Crippen MR) is 122 cm³/mol. The molecule has 3 heterocycles. The second-order valence-corrected chi connectivity index (χ2v) is 9.16. The Morgan fingerprint density at radius 2 is 1.59 bits per heavy atom. The smallest absolute Gasteiger partial charge is 0.409 e. The lowest BCUT2D eigenvalue weighted by Crippen LogP contribution is -2.50.